The molecule has 0 bridgehead atoms. The minimum absolute atomic E-state index is 0.315. The van der Waals surface area contributed by atoms with Gasteiger partial charge in [-0.1, -0.05) is 35.9 Å². The lowest BCUT2D eigenvalue weighted by atomic mass is 10.2. The Hall–Kier alpha value is -2.53. The highest BCUT2D eigenvalue weighted by Crippen LogP contribution is 2.37. The fourth-order valence-electron chi connectivity index (χ4n) is 4.62. The number of hydrogen-bond donors (Lipinski definition) is 0. The minimum atomic E-state index is -3.28. The number of rotatable bonds is 9. The van der Waals surface area contributed by atoms with Crippen molar-refractivity contribution in [1.29, 1.82) is 0 Å². The molecule has 38 heavy (non-hydrogen) atoms. The van der Waals surface area contributed by atoms with Crippen molar-refractivity contribution >= 4 is 32.8 Å². The molecular formula is C28H31ClN4O3S2. The molecule has 0 spiro atoms. The fraction of sp³-hybridized carbons (Fsp3) is 0.321. The molecule has 0 unspecified atom stereocenters. The number of sulfone groups is 1. The molecule has 0 N–H and O–H groups in total. The van der Waals surface area contributed by atoms with Gasteiger partial charge in [0.15, 0.2) is 9.84 Å². The monoisotopic (exact) mass is 570 g/mol. The maximum Gasteiger partial charge on any atom is 0.175 e. The van der Waals surface area contributed by atoms with Crippen molar-refractivity contribution in [2.45, 2.75) is 11.4 Å². The molecule has 2 aromatic heterocycles. The van der Waals surface area contributed by atoms with Gasteiger partial charge in [-0.3, -0.25) is 9.80 Å². The van der Waals surface area contributed by atoms with Gasteiger partial charge in [0, 0.05) is 57.5 Å². The van der Waals surface area contributed by atoms with Crippen LogP contribution in [0.1, 0.15) is 5.69 Å². The zero-order valence-corrected chi connectivity index (χ0v) is 23.9. The van der Waals surface area contributed by atoms with Crippen LogP contribution in [0.5, 0.6) is 0 Å². The van der Waals surface area contributed by atoms with Crippen LogP contribution in [0.25, 0.3) is 26.7 Å². The van der Waals surface area contributed by atoms with Gasteiger partial charge in [-0.05, 0) is 48.0 Å². The molecule has 0 amide bonds. The van der Waals surface area contributed by atoms with Crippen LogP contribution in [-0.4, -0.2) is 80.7 Å². The van der Waals surface area contributed by atoms with Gasteiger partial charge in [0.25, 0.3) is 0 Å². The second-order valence-corrected chi connectivity index (χ2v) is 13.0. The van der Waals surface area contributed by atoms with Crippen molar-refractivity contribution in [3.8, 4) is 26.7 Å². The quantitative estimate of drug-likeness (QED) is 0.279. The molecule has 3 heterocycles. The number of ether oxygens (including phenoxy) is 1. The van der Waals surface area contributed by atoms with Crippen LogP contribution in [0, 0.1) is 0 Å². The van der Waals surface area contributed by atoms with Crippen LogP contribution < -0.4 is 0 Å². The van der Waals surface area contributed by atoms with E-state index in [1.165, 1.54) is 6.26 Å². The average Bonchev–Trinajstić information content (AvgIpc) is 3.56. The zero-order chi connectivity index (χ0) is 26.7. The second-order valence-electron chi connectivity index (χ2n) is 9.46. The number of piperazine rings is 1. The Kier molecular flexibility index (Phi) is 8.32. The summed E-state index contributed by atoms with van der Waals surface area (Å²) in [6.07, 6.45) is 1.23. The molecule has 0 saturated carbocycles. The van der Waals surface area contributed by atoms with Crippen molar-refractivity contribution in [1.82, 2.24) is 19.6 Å². The number of nitrogens with zero attached hydrogens (tertiary/aromatic N) is 4. The van der Waals surface area contributed by atoms with Crippen molar-refractivity contribution in [2.24, 2.45) is 0 Å². The minimum Gasteiger partial charge on any atom is -0.383 e. The lowest BCUT2D eigenvalue weighted by Crippen LogP contribution is -2.46. The fourth-order valence-corrected chi connectivity index (χ4v) is 6.51. The first-order valence-corrected chi connectivity index (χ1v) is 15.6. The Morgan fingerprint density at radius 3 is 2.42 bits per heavy atom. The molecule has 1 aliphatic rings. The van der Waals surface area contributed by atoms with E-state index in [-0.39, 0.29) is 0 Å². The van der Waals surface area contributed by atoms with Crippen molar-refractivity contribution in [3.63, 3.8) is 0 Å². The Morgan fingerprint density at radius 1 is 0.947 bits per heavy atom. The number of benzene rings is 2. The molecule has 2 aromatic carbocycles. The molecule has 7 nitrogen and oxygen atoms in total. The summed E-state index contributed by atoms with van der Waals surface area (Å²) in [5.74, 6) is 0. The summed E-state index contributed by atoms with van der Waals surface area (Å²) in [5.41, 5.74) is 3.65. The molecule has 1 aliphatic heterocycles. The highest BCUT2D eigenvalue weighted by Gasteiger charge is 2.21. The third kappa shape index (κ3) is 6.20. The number of halogens is 1. The molecule has 5 rings (SSSR count). The summed E-state index contributed by atoms with van der Waals surface area (Å²) in [6, 6.07) is 21.0. The van der Waals surface area contributed by atoms with Crippen LogP contribution in [0.4, 0.5) is 0 Å². The van der Waals surface area contributed by atoms with Gasteiger partial charge in [-0.15, -0.1) is 11.3 Å². The molecule has 10 heteroatoms. The largest absolute Gasteiger partial charge is 0.383 e. The van der Waals surface area contributed by atoms with E-state index in [1.807, 2.05) is 41.1 Å². The van der Waals surface area contributed by atoms with Gasteiger partial charge in [0.2, 0.25) is 0 Å². The maximum absolute atomic E-state index is 12.1. The van der Waals surface area contributed by atoms with Gasteiger partial charge >= 0.3 is 0 Å². The topological polar surface area (TPSA) is 67.7 Å². The van der Waals surface area contributed by atoms with Gasteiger partial charge in [-0.2, -0.15) is 5.10 Å². The van der Waals surface area contributed by atoms with Gasteiger partial charge in [0.05, 0.1) is 38.5 Å². The smallest absolute Gasteiger partial charge is 0.175 e. The zero-order valence-electron chi connectivity index (χ0n) is 21.5. The highest BCUT2D eigenvalue weighted by molar-refractivity contribution is 7.90. The van der Waals surface area contributed by atoms with E-state index in [0.29, 0.717) is 9.92 Å². The molecule has 4 aromatic rings. The average molecular weight is 571 g/mol. The maximum atomic E-state index is 12.1. The third-order valence-corrected chi connectivity index (χ3v) is 9.29. The first-order valence-electron chi connectivity index (χ1n) is 12.5. The standard InChI is InChI=1S/C28H31ClN4O3S2/c1-36-17-16-31-12-14-32(15-13-31)20-22-19-26(33(30-22)25-9-4-3-8-24(25)29)28-11-10-27(37-28)21-6-5-7-23(18-21)38(2,34)35/h3-11,18-19H,12-17,20H2,1-2H3. The van der Waals surface area contributed by atoms with E-state index < -0.39 is 9.84 Å². The summed E-state index contributed by atoms with van der Waals surface area (Å²) >= 11 is 8.21. The number of methoxy groups -OCH3 is 1. The van der Waals surface area contributed by atoms with Gasteiger partial charge in [0.1, 0.15) is 0 Å². The van der Waals surface area contributed by atoms with E-state index in [4.69, 9.17) is 21.4 Å². The molecular weight excluding hydrogens is 540 g/mol. The van der Waals surface area contributed by atoms with E-state index in [0.717, 1.165) is 78.3 Å². The molecule has 200 valence electrons. The van der Waals surface area contributed by atoms with Crippen molar-refractivity contribution in [2.75, 3.05) is 52.7 Å². The third-order valence-electron chi connectivity index (χ3n) is 6.71. The predicted molar refractivity (Wildman–Crippen MR) is 154 cm³/mol. The normalized spacial score (nSPS) is 15.2. The number of para-hydroxylation sites is 1. The van der Waals surface area contributed by atoms with E-state index in [2.05, 4.69) is 21.9 Å². The summed E-state index contributed by atoms with van der Waals surface area (Å²) < 4.78 is 31.3. The first-order chi connectivity index (χ1) is 18.3. The van der Waals surface area contributed by atoms with E-state index in [1.54, 1.807) is 36.6 Å². The van der Waals surface area contributed by atoms with E-state index in [9.17, 15) is 8.42 Å². The van der Waals surface area contributed by atoms with Crippen molar-refractivity contribution < 1.29 is 13.2 Å². The summed E-state index contributed by atoms with van der Waals surface area (Å²) in [4.78, 5) is 7.21. The molecule has 1 saturated heterocycles. The van der Waals surface area contributed by atoms with Crippen LogP contribution in [0.2, 0.25) is 5.02 Å². The Bertz CT molecular complexity index is 1510. The Labute approximate surface area is 233 Å². The van der Waals surface area contributed by atoms with Gasteiger partial charge < -0.3 is 4.74 Å². The SMILES string of the molecule is COCCN1CCN(Cc2cc(-c3ccc(-c4cccc(S(C)(=O)=O)c4)s3)n(-c3ccccc3Cl)n2)CC1. The highest BCUT2D eigenvalue weighted by atomic mass is 35.5. The molecule has 0 radical (unpaired) electrons. The summed E-state index contributed by atoms with van der Waals surface area (Å²) in [5, 5.41) is 5.63. The lowest BCUT2D eigenvalue weighted by molar-refractivity contribution is 0.0932. The lowest BCUT2D eigenvalue weighted by Gasteiger charge is -2.34. The number of aromatic nitrogens is 2. The molecule has 0 aliphatic carbocycles. The number of hydrogen-bond acceptors (Lipinski definition) is 7. The molecule has 0 atom stereocenters. The number of thiophene rings is 1. The summed E-state index contributed by atoms with van der Waals surface area (Å²) in [6.45, 7) is 6.48. The Morgan fingerprint density at radius 2 is 1.68 bits per heavy atom. The van der Waals surface area contributed by atoms with E-state index >= 15 is 0 Å². The Balaban J connectivity index is 1.44. The van der Waals surface area contributed by atoms with Crippen LogP contribution in [-0.2, 0) is 21.1 Å². The predicted octanol–water partition coefficient (Wildman–Crippen LogP) is 5.09. The van der Waals surface area contributed by atoms with Crippen LogP contribution in [0.15, 0.2) is 71.6 Å². The van der Waals surface area contributed by atoms with Crippen LogP contribution in [0.3, 0.4) is 0 Å². The van der Waals surface area contributed by atoms with Crippen molar-refractivity contribution in [3.05, 3.63) is 77.4 Å². The summed E-state index contributed by atoms with van der Waals surface area (Å²) in [7, 11) is -1.54. The van der Waals surface area contributed by atoms with Gasteiger partial charge in [-0.25, -0.2) is 13.1 Å². The first kappa shape index (κ1) is 27.1. The molecule has 1 fully saturated rings. The van der Waals surface area contributed by atoms with Crippen LogP contribution >= 0.6 is 22.9 Å². The second kappa shape index (κ2) is 11.7.